The van der Waals surface area contributed by atoms with Crippen molar-refractivity contribution in [3.8, 4) is 0 Å². The zero-order valence-corrected chi connectivity index (χ0v) is 10.9. The monoisotopic (exact) mass is 287 g/mol. The Morgan fingerprint density at radius 2 is 2.05 bits per heavy atom. The van der Waals surface area contributed by atoms with Crippen LogP contribution in [0.3, 0.4) is 0 Å². The second kappa shape index (κ2) is 5.32. The van der Waals surface area contributed by atoms with Crippen molar-refractivity contribution in [3.63, 3.8) is 0 Å². The third-order valence-corrected chi connectivity index (χ3v) is 3.13. The third-order valence-electron chi connectivity index (χ3n) is 3.13. The van der Waals surface area contributed by atoms with Crippen LogP contribution in [0.5, 0.6) is 0 Å². The highest BCUT2D eigenvalue weighted by Crippen LogP contribution is 2.11. The van der Waals surface area contributed by atoms with Crippen LogP contribution in [0.25, 0.3) is 5.52 Å². The number of hydrogen-bond donors (Lipinski definition) is 1. The highest BCUT2D eigenvalue weighted by molar-refractivity contribution is 5.94. The van der Waals surface area contributed by atoms with E-state index in [0.29, 0.717) is 0 Å². The fourth-order valence-corrected chi connectivity index (χ4v) is 2.04. The van der Waals surface area contributed by atoms with Crippen molar-refractivity contribution in [1.29, 1.82) is 0 Å². The molecule has 0 aliphatic heterocycles. The molecule has 0 aliphatic rings. The van der Waals surface area contributed by atoms with Gasteiger partial charge in [-0.05, 0) is 30.3 Å². The van der Waals surface area contributed by atoms with E-state index in [2.05, 4.69) is 10.4 Å². The fourth-order valence-electron chi connectivity index (χ4n) is 2.04. The molecule has 0 aliphatic carbocycles. The van der Waals surface area contributed by atoms with E-state index < -0.39 is 17.5 Å². The maximum atomic E-state index is 13.1. The number of halogens is 2. The van der Waals surface area contributed by atoms with Crippen molar-refractivity contribution in [2.75, 3.05) is 0 Å². The molecule has 3 aromatic rings. The van der Waals surface area contributed by atoms with Crippen molar-refractivity contribution < 1.29 is 13.6 Å². The maximum absolute atomic E-state index is 13.1. The molecule has 2 aromatic heterocycles. The first kappa shape index (κ1) is 13.2. The quantitative estimate of drug-likeness (QED) is 0.804. The Balaban J connectivity index is 1.75. The van der Waals surface area contributed by atoms with Crippen LogP contribution in [0.1, 0.15) is 15.9 Å². The summed E-state index contributed by atoms with van der Waals surface area (Å²) in [6, 6.07) is 8.65. The largest absolute Gasteiger partial charge is 0.348 e. The summed E-state index contributed by atoms with van der Waals surface area (Å²) in [7, 11) is 0. The SMILES string of the molecule is O=C(NCc1cnn2ccccc12)c1ccc(F)c(F)c1. The van der Waals surface area contributed by atoms with E-state index in [0.717, 1.165) is 23.2 Å². The molecule has 0 bridgehead atoms. The zero-order chi connectivity index (χ0) is 14.8. The van der Waals surface area contributed by atoms with E-state index in [1.807, 2.05) is 18.2 Å². The van der Waals surface area contributed by atoms with E-state index in [-0.39, 0.29) is 12.1 Å². The summed E-state index contributed by atoms with van der Waals surface area (Å²) in [5, 5.41) is 6.81. The van der Waals surface area contributed by atoms with Crippen LogP contribution in [0.15, 0.2) is 48.8 Å². The first-order valence-electron chi connectivity index (χ1n) is 6.29. The van der Waals surface area contributed by atoms with Crippen LogP contribution < -0.4 is 5.32 Å². The van der Waals surface area contributed by atoms with Gasteiger partial charge in [0.05, 0.1) is 11.7 Å². The van der Waals surface area contributed by atoms with Gasteiger partial charge in [0.25, 0.3) is 5.91 Å². The number of amides is 1. The molecular weight excluding hydrogens is 276 g/mol. The number of carbonyl (C=O) groups excluding carboxylic acids is 1. The average Bonchev–Trinajstić information content (AvgIpc) is 2.91. The number of nitrogens with zero attached hydrogens (tertiary/aromatic N) is 2. The highest BCUT2D eigenvalue weighted by Gasteiger charge is 2.10. The Morgan fingerprint density at radius 3 is 2.86 bits per heavy atom. The summed E-state index contributed by atoms with van der Waals surface area (Å²) in [6.45, 7) is 0.255. The summed E-state index contributed by atoms with van der Waals surface area (Å²) in [5.41, 5.74) is 1.79. The second-order valence-electron chi connectivity index (χ2n) is 4.51. The number of carbonyl (C=O) groups is 1. The van der Waals surface area contributed by atoms with Gasteiger partial charge in [0.1, 0.15) is 0 Å². The second-order valence-corrected chi connectivity index (χ2v) is 4.51. The summed E-state index contributed by atoms with van der Waals surface area (Å²) in [4.78, 5) is 11.9. The molecule has 2 heterocycles. The van der Waals surface area contributed by atoms with Crippen molar-refractivity contribution in [3.05, 3.63) is 71.6 Å². The lowest BCUT2D eigenvalue weighted by Crippen LogP contribution is -2.22. The highest BCUT2D eigenvalue weighted by atomic mass is 19.2. The van der Waals surface area contributed by atoms with E-state index in [9.17, 15) is 13.6 Å². The Hall–Kier alpha value is -2.76. The molecule has 0 saturated heterocycles. The number of pyridine rings is 1. The minimum Gasteiger partial charge on any atom is -0.348 e. The van der Waals surface area contributed by atoms with Gasteiger partial charge in [-0.3, -0.25) is 4.79 Å². The lowest BCUT2D eigenvalue weighted by atomic mass is 10.2. The van der Waals surface area contributed by atoms with Crippen LogP contribution in [0.2, 0.25) is 0 Å². The van der Waals surface area contributed by atoms with Gasteiger partial charge in [0.15, 0.2) is 11.6 Å². The topological polar surface area (TPSA) is 46.4 Å². The molecule has 0 spiro atoms. The minimum absolute atomic E-state index is 0.0744. The summed E-state index contributed by atoms with van der Waals surface area (Å²) < 4.78 is 27.6. The van der Waals surface area contributed by atoms with Gasteiger partial charge in [-0.2, -0.15) is 5.10 Å². The minimum atomic E-state index is -1.04. The van der Waals surface area contributed by atoms with Gasteiger partial charge in [-0.25, -0.2) is 13.3 Å². The molecule has 106 valence electrons. The van der Waals surface area contributed by atoms with Crippen LogP contribution in [0, 0.1) is 11.6 Å². The van der Waals surface area contributed by atoms with Gasteiger partial charge < -0.3 is 5.32 Å². The summed E-state index contributed by atoms with van der Waals surface area (Å²) >= 11 is 0. The first-order valence-corrected chi connectivity index (χ1v) is 6.29. The van der Waals surface area contributed by atoms with Crippen LogP contribution in [0.4, 0.5) is 8.78 Å². The Labute approximate surface area is 119 Å². The Bertz CT molecular complexity index is 814. The number of rotatable bonds is 3. The molecule has 6 heteroatoms. The molecule has 0 unspecified atom stereocenters. The van der Waals surface area contributed by atoms with Crippen molar-refractivity contribution in [2.45, 2.75) is 6.54 Å². The van der Waals surface area contributed by atoms with E-state index in [4.69, 9.17) is 0 Å². The number of nitrogens with one attached hydrogen (secondary N) is 1. The van der Waals surface area contributed by atoms with Crippen molar-refractivity contribution >= 4 is 11.4 Å². The number of aromatic nitrogens is 2. The van der Waals surface area contributed by atoms with E-state index >= 15 is 0 Å². The Kier molecular flexibility index (Phi) is 3.35. The standard InChI is InChI=1S/C15H11F2N3O/c16-12-5-4-10(7-13(12)17)15(21)18-8-11-9-19-20-6-2-1-3-14(11)20/h1-7,9H,8H2,(H,18,21). The van der Waals surface area contributed by atoms with Gasteiger partial charge >= 0.3 is 0 Å². The van der Waals surface area contributed by atoms with Gasteiger partial charge in [0, 0.05) is 23.9 Å². The molecular formula is C15H11F2N3O. The van der Waals surface area contributed by atoms with Crippen molar-refractivity contribution in [1.82, 2.24) is 14.9 Å². The van der Waals surface area contributed by atoms with Crippen LogP contribution in [-0.4, -0.2) is 15.5 Å². The van der Waals surface area contributed by atoms with Gasteiger partial charge in [-0.1, -0.05) is 6.07 Å². The lowest BCUT2D eigenvalue weighted by molar-refractivity contribution is 0.0950. The number of benzene rings is 1. The normalized spacial score (nSPS) is 10.8. The lowest BCUT2D eigenvalue weighted by Gasteiger charge is -2.05. The molecule has 0 fully saturated rings. The third kappa shape index (κ3) is 2.60. The molecule has 1 N–H and O–H groups in total. The smallest absolute Gasteiger partial charge is 0.251 e. The predicted octanol–water partition coefficient (Wildman–Crippen LogP) is 2.54. The average molecular weight is 287 g/mol. The number of fused-ring (bicyclic) bond motifs is 1. The molecule has 0 radical (unpaired) electrons. The molecule has 1 amide bonds. The Morgan fingerprint density at radius 1 is 1.19 bits per heavy atom. The predicted molar refractivity (Wildman–Crippen MR) is 72.7 cm³/mol. The molecule has 0 saturated carbocycles. The van der Waals surface area contributed by atoms with Crippen LogP contribution in [-0.2, 0) is 6.54 Å². The van der Waals surface area contributed by atoms with E-state index in [1.165, 1.54) is 6.07 Å². The van der Waals surface area contributed by atoms with Gasteiger partial charge in [-0.15, -0.1) is 0 Å². The van der Waals surface area contributed by atoms with Crippen LogP contribution >= 0.6 is 0 Å². The molecule has 4 nitrogen and oxygen atoms in total. The molecule has 0 atom stereocenters. The molecule has 3 rings (SSSR count). The molecule has 21 heavy (non-hydrogen) atoms. The zero-order valence-electron chi connectivity index (χ0n) is 10.9. The van der Waals surface area contributed by atoms with Crippen molar-refractivity contribution in [2.24, 2.45) is 0 Å². The maximum Gasteiger partial charge on any atom is 0.251 e. The molecule has 1 aromatic carbocycles. The summed E-state index contributed by atoms with van der Waals surface area (Å²) in [5.74, 6) is -2.49. The van der Waals surface area contributed by atoms with E-state index in [1.54, 1.807) is 16.9 Å². The number of hydrogen-bond acceptors (Lipinski definition) is 2. The fraction of sp³-hybridized carbons (Fsp3) is 0.0667. The summed E-state index contributed by atoms with van der Waals surface area (Å²) in [6.07, 6.45) is 3.46. The first-order chi connectivity index (χ1) is 10.1. The van der Waals surface area contributed by atoms with Gasteiger partial charge in [0.2, 0.25) is 0 Å².